The SMILES string of the molecule is COc1cccc(CN(C)Cn2nc(-c3ccc(F)cc3)n(CC3CCCO3)c2=S)c1. The molecule has 0 spiro atoms. The molecule has 1 aliphatic rings. The normalized spacial score (nSPS) is 16.2. The van der Waals surface area contributed by atoms with E-state index in [4.69, 9.17) is 26.8 Å². The van der Waals surface area contributed by atoms with Gasteiger partial charge in [0.25, 0.3) is 0 Å². The van der Waals surface area contributed by atoms with Crippen LogP contribution in [0.15, 0.2) is 48.5 Å². The van der Waals surface area contributed by atoms with Gasteiger partial charge >= 0.3 is 0 Å². The molecule has 1 aromatic heterocycles. The van der Waals surface area contributed by atoms with E-state index < -0.39 is 0 Å². The zero-order valence-electron chi connectivity index (χ0n) is 17.8. The number of halogens is 1. The van der Waals surface area contributed by atoms with Crippen molar-refractivity contribution in [2.24, 2.45) is 0 Å². The standard InChI is InChI=1S/C23H27FN4O2S/c1-26(14-17-5-3-6-20(13-17)29-2)16-28-23(31)27(15-21-7-4-12-30-21)22(25-28)18-8-10-19(24)11-9-18/h3,5-6,8-11,13,21H,4,7,12,14-16H2,1-2H3. The third kappa shape index (κ3) is 5.20. The van der Waals surface area contributed by atoms with E-state index in [0.29, 0.717) is 18.0 Å². The molecule has 0 N–H and O–H groups in total. The molecule has 0 amide bonds. The highest BCUT2D eigenvalue weighted by Gasteiger charge is 2.21. The predicted octanol–water partition coefficient (Wildman–Crippen LogP) is 4.50. The number of hydrogen-bond acceptors (Lipinski definition) is 5. The van der Waals surface area contributed by atoms with Gasteiger partial charge in [0.05, 0.1) is 26.4 Å². The van der Waals surface area contributed by atoms with Crippen LogP contribution < -0.4 is 4.74 Å². The minimum absolute atomic E-state index is 0.123. The number of ether oxygens (including phenoxy) is 2. The Kier molecular flexibility index (Phi) is 6.80. The van der Waals surface area contributed by atoms with Crippen LogP contribution in [-0.2, 0) is 24.5 Å². The highest BCUT2D eigenvalue weighted by Crippen LogP contribution is 2.23. The van der Waals surface area contributed by atoms with Crippen molar-refractivity contribution in [1.82, 2.24) is 19.2 Å². The van der Waals surface area contributed by atoms with Gasteiger partial charge in [-0.25, -0.2) is 9.07 Å². The quantitative estimate of drug-likeness (QED) is 0.481. The first-order chi connectivity index (χ1) is 15.0. The van der Waals surface area contributed by atoms with Crippen molar-refractivity contribution in [2.75, 3.05) is 20.8 Å². The monoisotopic (exact) mass is 442 g/mol. The second-order valence-electron chi connectivity index (χ2n) is 7.87. The Bertz CT molecular complexity index is 1070. The predicted molar refractivity (Wildman–Crippen MR) is 120 cm³/mol. The fraction of sp³-hybridized carbons (Fsp3) is 0.391. The van der Waals surface area contributed by atoms with E-state index in [9.17, 15) is 4.39 Å². The fourth-order valence-electron chi connectivity index (χ4n) is 3.86. The molecule has 1 fully saturated rings. The molecule has 31 heavy (non-hydrogen) atoms. The van der Waals surface area contributed by atoms with Gasteiger partial charge in [0.2, 0.25) is 0 Å². The van der Waals surface area contributed by atoms with Gasteiger partial charge < -0.3 is 9.47 Å². The average Bonchev–Trinajstić information content (AvgIpc) is 3.38. The lowest BCUT2D eigenvalue weighted by Gasteiger charge is -2.17. The Morgan fingerprint density at radius 3 is 2.77 bits per heavy atom. The molecule has 0 saturated carbocycles. The lowest BCUT2D eigenvalue weighted by molar-refractivity contribution is 0.0967. The Labute approximate surface area is 186 Å². The summed E-state index contributed by atoms with van der Waals surface area (Å²) in [6.07, 6.45) is 2.19. The summed E-state index contributed by atoms with van der Waals surface area (Å²) in [6, 6.07) is 14.4. The van der Waals surface area contributed by atoms with Crippen LogP contribution in [0.1, 0.15) is 18.4 Å². The van der Waals surface area contributed by atoms with E-state index in [0.717, 1.165) is 48.7 Å². The Morgan fingerprint density at radius 1 is 1.26 bits per heavy atom. The van der Waals surface area contributed by atoms with Gasteiger partial charge in [-0.2, -0.15) is 5.10 Å². The highest BCUT2D eigenvalue weighted by atomic mass is 32.1. The zero-order valence-corrected chi connectivity index (χ0v) is 18.6. The number of hydrogen-bond donors (Lipinski definition) is 0. The van der Waals surface area contributed by atoms with Crippen molar-refractivity contribution in [2.45, 2.75) is 38.7 Å². The van der Waals surface area contributed by atoms with Gasteiger partial charge in [0.1, 0.15) is 11.6 Å². The Hall–Kier alpha value is -2.55. The third-order valence-corrected chi connectivity index (χ3v) is 5.83. The Balaban J connectivity index is 1.59. The van der Waals surface area contributed by atoms with Crippen LogP contribution in [0.2, 0.25) is 0 Å². The molecule has 0 bridgehead atoms. The summed E-state index contributed by atoms with van der Waals surface area (Å²) >= 11 is 5.78. The number of rotatable bonds is 8. The summed E-state index contributed by atoms with van der Waals surface area (Å²) in [5.74, 6) is 1.29. The number of nitrogens with zero attached hydrogens (tertiary/aromatic N) is 4. The second kappa shape index (κ2) is 9.72. The molecule has 164 valence electrons. The van der Waals surface area contributed by atoms with E-state index in [2.05, 4.69) is 11.0 Å². The number of benzene rings is 2. The molecule has 1 atom stereocenters. The molecular weight excluding hydrogens is 415 g/mol. The van der Waals surface area contributed by atoms with Gasteiger partial charge in [-0.1, -0.05) is 12.1 Å². The van der Waals surface area contributed by atoms with Crippen LogP contribution in [-0.4, -0.2) is 46.1 Å². The maximum absolute atomic E-state index is 13.5. The Morgan fingerprint density at radius 2 is 2.06 bits per heavy atom. The van der Waals surface area contributed by atoms with E-state index in [-0.39, 0.29) is 11.9 Å². The van der Waals surface area contributed by atoms with E-state index in [1.807, 2.05) is 34.5 Å². The lowest BCUT2D eigenvalue weighted by Crippen LogP contribution is -2.23. The topological polar surface area (TPSA) is 44.5 Å². The highest BCUT2D eigenvalue weighted by molar-refractivity contribution is 7.71. The van der Waals surface area contributed by atoms with Gasteiger partial charge in [-0.05, 0) is 74.1 Å². The molecule has 3 aromatic rings. The van der Waals surface area contributed by atoms with E-state index >= 15 is 0 Å². The van der Waals surface area contributed by atoms with Crippen LogP contribution in [0.3, 0.4) is 0 Å². The molecule has 6 nitrogen and oxygen atoms in total. The molecule has 2 heterocycles. The first-order valence-electron chi connectivity index (χ1n) is 10.4. The van der Waals surface area contributed by atoms with Crippen LogP contribution in [0.5, 0.6) is 5.75 Å². The molecule has 0 radical (unpaired) electrons. The van der Waals surface area contributed by atoms with Crippen molar-refractivity contribution >= 4 is 12.2 Å². The minimum atomic E-state index is -0.273. The molecule has 1 aliphatic heterocycles. The van der Waals surface area contributed by atoms with Gasteiger partial charge in [-0.3, -0.25) is 9.47 Å². The molecule has 2 aromatic carbocycles. The molecular formula is C23H27FN4O2S. The fourth-order valence-corrected chi connectivity index (χ4v) is 4.12. The summed E-state index contributed by atoms with van der Waals surface area (Å²) in [5, 5.41) is 4.80. The van der Waals surface area contributed by atoms with Crippen molar-refractivity contribution in [3.63, 3.8) is 0 Å². The summed E-state index contributed by atoms with van der Waals surface area (Å²) in [6.45, 7) is 2.68. The van der Waals surface area contributed by atoms with Crippen LogP contribution in [0.4, 0.5) is 4.39 Å². The summed E-state index contributed by atoms with van der Waals surface area (Å²) in [4.78, 5) is 2.14. The van der Waals surface area contributed by atoms with Crippen LogP contribution >= 0.6 is 12.2 Å². The lowest BCUT2D eigenvalue weighted by atomic mass is 10.2. The van der Waals surface area contributed by atoms with Gasteiger partial charge in [0.15, 0.2) is 10.6 Å². The van der Waals surface area contributed by atoms with Gasteiger partial charge in [-0.15, -0.1) is 0 Å². The van der Waals surface area contributed by atoms with Crippen molar-refractivity contribution in [3.8, 4) is 17.1 Å². The zero-order chi connectivity index (χ0) is 21.8. The summed E-state index contributed by atoms with van der Waals surface area (Å²) < 4.78 is 29.1. The average molecular weight is 443 g/mol. The minimum Gasteiger partial charge on any atom is -0.497 e. The molecule has 0 aliphatic carbocycles. The summed E-state index contributed by atoms with van der Waals surface area (Å²) in [7, 11) is 3.69. The van der Waals surface area contributed by atoms with Crippen molar-refractivity contribution in [1.29, 1.82) is 0 Å². The van der Waals surface area contributed by atoms with Crippen LogP contribution in [0.25, 0.3) is 11.4 Å². The molecule has 4 rings (SSSR count). The second-order valence-corrected chi connectivity index (χ2v) is 8.23. The maximum Gasteiger partial charge on any atom is 0.199 e. The third-order valence-electron chi connectivity index (χ3n) is 5.40. The maximum atomic E-state index is 13.5. The van der Waals surface area contributed by atoms with Gasteiger partial charge in [0, 0.05) is 18.7 Å². The molecule has 1 saturated heterocycles. The van der Waals surface area contributed by atoms with Crippen molar-refractivity contribution in [3.05, 3.63) is 64.7 Å². The van der Waals surface area contributed by atoms with Crippen molar-refractivity contribution < 1.29 is 13.9 Å². The van der Waals surface area contributed by atoms with Crippen LogP contribution in [0, 0.1) is 10.6 Å². The number of aromatic nitrogens is 3. The van der Waals surface area contributed by atoms with E-state index in [1.54, 1.807) is 19.2 Å². The molecule has 1 unspecified atom stereocenters. The smallest absolute Gasteiger partial charge is 0.199 e. The first kappa shape index (κ1) is 21.7. The van der Waals surface area contributed by atoms with E-state index in [1.165, 1.54) is 12.1 Å². The summed E-state index contributed by atoms with van der Waals surface area (Å²) in [5.41, 5.74) is 1.98. The number of methoxy groups -OCH3 is 1. The first-order valence-corrected chi connectivity index (χ1v) is 10.8. The molecule has 8 heteroatoms. The largest absolute Gasteiger partial charge is 0.497 e.